The zero-order valence-electron chi connectivity index (χ0n) is 17.3. The van der Waals surface area contributed by atoms with Gasteiger partial charge in [-0.15, -0.1) is 0 Å². The number of carbonyl (C=O) groups excluding carboxylic acids is 2. The summed E-state index contributed by atoms with van der Waals surface area (Å²) in [6.45, 7) is 13.4. The van der Waals surface area contributed by atoms with Gasteiger partial charge in [-0.05, 0) is 72.2 Å². The van der Waals surface area contributed by atoms with Crippen molar-refractivity contribution in [1.29, 1.82) is 0 Å². The molecule has 0 saturated carbocycles. The molecule has 0 spiro atoms. The number of hydrogen-bond acceptors (Lipinski definition) is 4. The molecule has 0 saturated heterocycles. The van der Waals surface area contributed by atoms with Crippen molar-refractivity contribution >= 4 is 17.6 Å². The van der Waals surface area contributed by atoms with Gasteiger partial charge < -0.3 is 14.5 Å². The van der Waals surface area contributed by atoms with Crippen LogP contribution in [0.4, 0.5) is 5.69 Å². The Hall–Kier alpha value is -2.04. The van der Waals surface area contributed by atoms with E-state index in [2.05, 4.69) is 25.7 Å². The average molecular weight is 363 g/mol. The largest absolute Gasteiger partial charge is 0.460 e. The van der Waals surface area contributed by atoms with E-state index in [0.29, 0.717) is 31.0 Å². The molecule has 0 aliphatic heterocycles. The van der Waals surface area contributed by atoms with Crippen molar-refractivity contribution in [3.05, 3.63) is 29.8 Å². The maximum atomic E-state index is 12.5. The van der Waals surface area contributed by atoms with Crippen molar-refractivity contribution < 1.29 is 14.3 Å². The molecule has 146 valence electrons. The van der Waals surface area contributed by atoms with E-state index in [9.17, 15) is 9.59 Å². The van der Waals surface area contributed by atoms with Crippen LogP contribution in [0, 0.1) is 0 Å². The zero-order valence-corrected chi connectivity index (χ0v) is 17.3. The second-order valence-electron chi connectivity index (χ2n) is 7.84. The lowest BCUT2D eigenvalue weighted by Crippen LogP contribution is -2.31. The molecule has 0 radical (unpaired) electrons. The summed E-state index contributed by atoms with van der Waals surface area (Å²) in [6.07, 6.45) is 0.903. The molecular weight excluding hydrogens is 328 g/mol. The molecule has 1 amide bonds. The predicted octanol–water partition coefficient (Wildman–Crippen LogP) is 4.12. The van der Waals surface area contributed by atoms with E-state index in [1.54, 1.807) is 11.9 Å². The van der Waals surface area contributed by atoms with Crippen LogP contribution in [0.25, 0.3) is 0 Å². The Morgan fingerprint density at radius 1 is 1.12 bits per heavy atom. The minimum absolute atomic E-state index is 0.0339. The smallest absolute Gasteiger partial charge is 0.306 e. The van der Waals surface area contributed by atoms with Crippen LogP contribution in [0.15, 0.2) is 24.3 Å². The third kappa shape index (κ3) is 7.06. The summed E-state index contributed by atoms with van der Waals surface area (Å²) in [4.78, 5) is 28.2. The maximum Gasteiger partial charge on any atom is 0.306 e. The van der Waals surface area contributed by atoms with Crippen LogP contribution in [0.5, 0.6) is 0 Å². The molecule has 0 aliphatic rings. The molecule has 0 atom stereocenters. The first kappa shape index (κ1) is 22.0. The predicted molar refractivity (Wildman–Crippen MR) is 107 cm³/mol. The third-order valence-electron chi connectivity index (χ3n) is 4.05. The quantitative estimate of drug-likeness (QED) is 0.653. The second-order valence-corrected chi connectivity index (χ2v) is 7.84. The molecule has 1 rings (SSSR count). The van der Waals surface area contributed by atoms with Crippen molar-refractivity contribution in [2.75, 3.05) is 25.0 Å². The van der Waals surface area contributed by atoms with Gasteiger partial charge in [-0.1, -0.05) is 0 Å². The summed E-state index contributed by atoms with van der Waals surface area (Å²) in [5.74, 6) is -0.260. The minimum atomic E-state index is -0.469. The summed E-state index contributed by atoms with van der Waals surface area (Å²) in [7, 11) is 1.76. The van der Waals surface area contributed by atoms with E-state index < -0.39 is 5.60 Å². The number of carbonyl (C=O) groups is 2. The molecule has 0 unspecified atom stereocenters. The fourth-order valence-electron chi connectivity index (χ4n) is 2.82. The number of ether oxygens (including phenoxy) is 1. The first-order valence-electron chi connectivity index (χ1n) is 9.39. The molecule has 0 heterocycles. The summed E-state index contributed by atoms with van der Waals surface area (Å²) in [6, 6.07) is 8.13. The average Bonchev–Trinajstić information content (AvgIpc) is 2.53. The van der Waals surface area contributed by atoms with Gasteiger partial charge in [-0.2, -0.15) is 0 Å². The normalized spacial score (nSPS) is 11.4. The van der Waals surface area contributed by atoms with E-state index in [1.165, 1.54) is 0 Å². The monoisotopic (exact) mass is 362 g/mol. The van der Waals surface area contributed by atoms with Crippen LogP contribution in [0.1, 0.15) is 64.7 Å². The number of amides is 1. The van der Waals surface area contributed by atoms with Gasteiger partial charge in [0, 0.05) is 43.9 Å². The molecule has 5 nitrogen and oxygen atoms in total. The highest BCUT2D eigenvalue weighted by Gasteiger charge is 2.17. The molecule has 0 fully saturated rings. The molecular formula is C21H34N2O3. The van der Waals surface area contributed by atoms with E-state index in [4.69, 9.17) is 4.74 Å². The molecule has 5 heteroatoms. The van der Waals surface area contributed by atoms with Gasteiger partial charge in [-0.3, -0.25) is 9.59 Å². The molecule has 0 aromatic heterocycles. The Morgan fingerprint density at radius 2 is 1.69 bits per heavy atom. The Morgan fingerprint density at radius 3 is 2.15 bits per heavy atom. The number of hydrogen-bond donors (Lipinski definition) is 0. The molecule has 26 heavy (non-hydrogen) atoms. The van der Waals surface area contributed by atoms with Crippen LogP contribution in [-0.4, -0.2) is 48.6 Å². The topological polar surface area (TPSA) is 49.9 Å². The molecule has 0 aliphatic carbocycles. The van der Waals surface area contributed by atoms with Gasteiger partial charge >= 0.3 is 5.97 Å². The molecule has 0 N–H and O–H groups in total. The number of rotatable bonds is 8. The lowest BCUT2D eigenvalue weighted by molar-refractivity contribution is -0.154. The van der Waals surface area contributed by atoms with Crippen molar-refractivity contribution in [3.63, 3.8) is 0 Å². The highest BCUT2D eigenvalue weighted by molar-refractivity contribution is 5.94. The van der Waals surface area contributed by atoms with E-state index >= 15 is 0 Å². The fourth-order valence-corrected chi connectivity index (χ4v) is 2.82. The van der Waals surface area contributed by atoms with Crippen molar-refractivity contribution in [2.45, 2.75) is 66.0 Å². The van der Waals surface area contributed by atoms with Crippen LogP contribution in [-0.2, 0) is 9.53 Å². The van der Waals surface area contributed by atoms with Crippen molar-refractivity contribution in [1.82, 2.24) is 4.90 Å². The fraction of sp³-hybridized carbons (Fsp3) is 0.619. The second kappa shape index (κ2) is 9.60. The summed E-state index contributed by atoms with van der Waals surface area (Å²) >= 11 is 0. The SMILES string of the molecule is CCN(c1ccc(C(=O)N(C)CCCC(=O)OC(C)(C)C)cc1)C(C)C. The highest BCUT2D eigenvalue weighted by atomic mass is 16.6. The number of esters is 1. The van der Waals surface area contributed by atoms with Crippen LogP contribution < -0.4 is 4.90 Å². The van der Waals surface area contributed by atoms with Gasteiger partial charge in [0.25, 0.3) is 5.91 Å². The lowest BCUT2D eigenvalue weighted by Gasteiger charge is -2.27. The van der Waals surface area contributed by atoms with Crippen LogP contribution in [0.3, 0.4) is 0 Å². The number of nitrogens with zero attached hydrogens (tertiary/aromatic N) is 2. The Bertz CT molecular complexity index is 588. The summed E-state index contributed by atoms with van der Waals surface area (Å²) < 4.78 is 5.28. The first-order chi connectivity index (χ1) is 12.0. The van der Waals surface area contributed by atoms with Gasteiger partial charge in [0.2, 0.25) is 0 Å². The third-order valence-corrected chi connectivity index (χ3v) is 4.05. The molecule has 0 bridgehead atoms. The van der Waals surface area contributed by atoms with Gasteiger partial charge in [0.1, 0.15) is 5.60 Å². The number of anilines is 1. The van der Waals surface area contributed by atoms with E-state index in [1.807, 2.05) is 45.0 Å². The van der Waals surface area contributed by atoms with E-state index in [0.717, 1.165) is 12.2 Å². The van der Waals surface area contributed by atoms with Crippen LogP contribution in [0.2, 0.25) is 0 Å². The Kier molecular flexibility index (Phi) is 8.12. The van der Waals surface area contributed by atoms with Crippen molar-refractivity contribution in [2.24, 2.45) is 0 Å². The maximum absolute atomic E-state index is 12.5. The van der Waals surface area contributed by atoms with Gasteiger partial charge in [-0.25, -0.2) is 0 Å². The molecule has 1 aromatic rings. The summed E-state index contributed by atoms with van der Waals surface area (Å²) in [5.41, 5.74) is 1.31. The van der Waals surface area contributed by atoms with Gasteiger partial charge in [0.15, 0.2) is 0 Å². The number of benzene rings is 1. The van der Waals surface area contributed by atoms with Gasteiger partial charge in [0.05, 0.1) is 0 Å². The molecule has 1 aromatic carbocycles. The lowest BCUT2D eigenvalue weighted by atomic mass is 10.1. The van der Waals surface area contributed by atoms with Crippen molar-refractivity contribution in [3.8, 4) is 0 Å². The highest BCUT2D eigenvalue weighted by Crippen LogP contribution is 2.18. The van der Waals surface area contributed by atoms with E-state index in [-0.39, 0.29) is 11.9 Å². The summed E-state index contributed by atoms with van der Waals surface area (Å²) in [5, 5.41) is 0. The Balaban J connectivity index is 2.56. The minimum Gasteiger partial charge on any atom is -0.460 e. The Labute approximate surface area is 158 Å². The van der Waals surface area contributed by atoms with Crippen LogP contribution >= 0.6 is 0 Å². The zero-order chi connectivity index (χ0) is 19.9. The standard InChI is InChI=1S/C21H34N2O3/c1-8-23(16(2)3)18-13-11-17(12-14-18)20(25)22(7)15-9-10-19(24)26-21(4,5)6/h11-14,16H,8-10,15H2,1-7H3. The first-order valence-corrected chi connectivity index (χ1v) is 9.39.